The summed E-state index contributed by atoms with van der Waals surface area (Å²) in [6.07, 6.45) is 1.14. The van der Waals surface area contributed by atoms with Crippen LogP contribution in [0, 0.1) is 0 Å². The molecule has 0 saturated heterocycles. The molecule has 0 aliphatic carbocycles. The molecule has 0 aliphatic heterocycles. The van der Waals surface area contributed by atoms with Gasteiger partial charge < -0.3 is 32.9 Å². The average Bonchev–Trinajstić information content (AvgIpc) is 2.30. The van der Waals surface area contributed by atoms with E-state index >= 15 is 0 Å². The monoisotopic (exact) mass is 328 g/mol. The fraction of sp³-hybridized carbons (Fsp3) is 0.778. The fourth-order valence-electron chi connectivity index (χ4n) is 0.793. The van der Waals surface area contributed by atoms with E-state index in [0.717, 1.165) is 45.7 Å². The van der Waals surface area contributed by atoms with Crippen LogP contribution in [0.2, 0.25) is 0 Å². The molecular weight excluding hydrogens is 308 g/mol. The minimum Gasteiger partial charge on any atom is -0.753 e. The molecule has 0 aromatic heterocycles. The van der Waals surface area contributed by atoms with E-state index in [4.69, 9.17) is 22.3 Å². The van der Waals surface area contributed by atoms with Gasteiger partial charge in [0.25, 0.3) is 0 Å². The van der Waals surface area contributed by atoms with Gasteiger partial charge in [-0.15, -0.1) is 0 Å². The third-order valence-corrected chi connectivity index (χ3v) is 1.35. The van der Waals surface area contributed by atoms with Gasteiger partial charge in [-0.25, -0.2) is 0 Å². The van der Waals surface area contributed by atoms with E-state index in [0.29, 0.717) is 0 Å². The second-order valence-electron chi connectivity index (χ2n) is 2.61. The van der Waals surface area contributed by atoms with Gasteiger partial charge in [0.05, 0.1) is 0 Å². The van der Waals surface area contributed by atoms with Crippen LogP contribution in [0.1, 0.15) is 6.42 Å². The molecule has 0 saturated carbocycles. The third kappa shape index (κ3) is 56.3. The van der Waals surface area contributed by atoms with E-state index in [9.17, 15) is 0 Å². The van der Waals surface area contributed by atoms with E-state index in [-0.39, 0.29) is 17.4 Å². The first kappa shape index (κ1) is 26.5. The molecule has 9 heteroatoms. The molecule has 0 radical (unpaired) electrons. The van der Waals surface area contributed by atoms with Crippen molar-refractivity contribution in [1.29, 1.82) is 0 Å². The molecule has 0 aromatic carbocycles. The maximum Gasteiger partial charge on any atom is 0.00745 e. The molecule has 0 amide bonds. The van der Waals surface area contributed by atoms with E-state index in [1.54, 1.807) is 0 Å². The zero-order valence-corrected chi connectivity index (χ0v) is 13.1. The summed E-state index contributed by atoms with van der Waals surface area (Å²) in [4.78, 5) is 0. The second kappa shape index (κ2) is 36.0. The van der Waals surface area contributed by atoms with Gasteiger partial charge in [-0.1, -0.05) is 24.4 Å². The molecular formula is C9H20CrN6S2-2. The number of nitrogens with one attached hydrogen (secondary N) is 2. The SMILES string of the molecule is NCCNCCCNCCN.[Cr].[N-]=C=S.[N-]=C=S. The number of hydrogen-bond donors (Lipinski definition) is 4. The van der Waals surface area contributed by atoms with Gasteiger partial charge in [0.15, 0.2) is 0 Å². The molecule has 0 aliphatic rings. The minimum absolute atomic E-state index is 0. The topological polar surface area (TPSA) is 121 Å². The Labute approximate surface area is 130 Å². The Bertz CT molecular complexity index is 173. The maximum atomic E-state index is 7.13. The van der Waals surface area contributed by atoms with Crippen molar-refractivity contribution in [2.24, 2.45) is 11.5 Å². The van der Waals surface area contributed by atoms with E-state index in [1.807, 2.05) is 0 Å². The van der Waals surface area contributed by atoms with Crippen molar-refractivity contribution in [3.63, 3.8) is 0 Å². The van der Waals surface area contributed by atoms with Gasteiger partial charge in [-0.2, -0.15) is 10.3 Å². The van der Waals surface area contributed by atoms with Crippen molar-refractivity contribution < 1.29 is 17.4 Å². The molecule has 6 nitrogen and oxygen atoms in total. The zero-order chi connectivity index (χ0) is 13.8. The quantitative estimate of drug-likeness (QED) is 0.278. The molecule has 0 heterocycles. The summed E-state index contributed by atoms with van der Waals surface area (Å²) in [5, 5.41) is 23.4. The van der Waals surface area contributed by atoms with E-state index in [2.05, 4.69) is 35.1 Å². The third-order valence-electron chi connectivity index (χ3n) is 1.35. The molecule has 18 heavy (non-hydrogen) atoms. The molecule has 0 spiro atoms. The first-order chi connectivity index (χ1) is 8.24. The number of nitrogens with two attached hydrogens (primary N) is 2. The summed E-state index contributed by atoms with van der Waals surface area (Å²) in [7, 11) is 0. The van der Waals surface area contributed by atoms with Crippen molar-refractivity contribution in [1.82, 2.24) is 10.6 Å². The normalized spacial score (nSPS) is 7.22. The largest absolute Gasteiger partial charge is 0.753 e. The Hall–Kier alpha value is -0.0275. The van der Waals surface area contributed by atoms with Gasteiger partial charge in [-0.3, -0.25) is 0 Å². The Morgan fingerprint density at radius 2 is 1.11 bits per heavy atom. The van der Waals surface area contributed by atoms with Gasteiger partial charge in [0.2, 0.25) is 0 Å². The van der Waals surface area contributed by atoms with Gasteiger partial charge in [-0.05, 0) is 19.5 Å². The standard InChI is InChI=1S/C7H20N4.2CNS.Cr/c8-2-6-10-4-1-5-11-7-3-9;2*2-1-3;/h10-11H,1-9H2;;;/q;2*-1;. The summed E-state index contributed by atoms with van der Waals surface area (Å²) in [6.45, 7) is 5.34. The molecule has 0 atom stereocenters. The van der Waals surface area contributed by atoms with Crippen molar-refractivity contribution >= 4 is 34.8 Å². The summed E-state index contributed by atoms with van der Waals surface area (Å²) in [6, 6.07) is 0. The van der Waals surface area contributed by atoms with Gasteiger partial charge in [0.1, 0.15) is 0 Å². The van der Waals surface area contributed by atoms with Crippen molar-refractivity contribution in [2.45, 2.75) is 6.42 Å². The van der Waals surface area contributed by atoms with Crippen LogP contribution in [-0.4, -0.2) is 49.6 Å². The molecule has 0 unspecified atom stereocenters. The number of thiocarbonyl (C=S) groups is 2. The first-order valence-corrected chi connectivity index (χ1v) is 5.90. The Kier molecular flexibility index (Phi) is 53.0. The predicted octanol–water partition coefficient (Wildman–Crippen LogP) is -0.212. The molecule has 0 bridgehead atoms. The van der Waals surface area contributed by atoms with Crippen molar-refractivity contribution in [3.05, 3.63) is 10.8 Å². The van der Waals surface area contributed by atoms with Crippen LogP contribution in [0.25, 0.3) is 10.8 Å². The summed E-state index contributed by atoms with van der Waals surface area (Å²) >= 11 is 7.40. The van der Waals surface area contributed by atoms with Crippen LogP contribution >= 0.6 is 24.4 Å². The predicted molar refractivity (Wildman–Crippen MR) is 80.4 cm³/mol. The summed E-state index contributed by atoms with van der Waals surface area (Å²) in [5.74, 6) is 0. The average molecular weight is 328 g/mol. The minimum atomic E-state index is 0. The molecule has 0 aromatic rings. The molecule has 0 rings (SSSR count). The van der Waals surface area contributed by atoms with E-state index in [1.165, 1.54) is 10.3 Å². The first-order valence-electron chi connectivity index (χ1n) is 5.09. The van der Waals surface area contributed by atoms with Crippen LogP contribution < -0.4 is 22.1 Å². The van der Waals surface area contributed by atoms with E-state index < -0.39 is 0 Å². The maximum absolute atomic E-state index is 7.13. The Morgan fingerprint density at radius 3 is 1.33 bits per heavy atom. The van der Waals surface area contributed by atoms with Gasteiger partial charge in [0, 0.05) is 43.5 Å². The van der Waals surface area contributed by atoms with Crippen LogP contribution in [0.3, 0.4) is 0 Å². The molecule has 0 fully saturated rings. The Balaban J connectivity index is -0.000000119. The number of hydrogen-bond acceptors (Lipinski definition) is 6. The fourth-order valence-corrected chi connectivity index (χ4v) is 0.793. The van der Waals surface area contributed by atoms with Gasteiger partial charge >= 0.3 is 0 Å². The zero-order valence-electron chi connectivity index (χ0n) is 10.2. The van der Waals surface area contributed by atoms with Crippen LogP contribution in [-0.2, 0) is 17.4 Å². The molecule has 106 valence electrons. The number of isothiocyanates is 2. The second-order valence-corrected chi connectivity index (χ2v) is 2.98. The van der Waals surface area contributed by atoms with Crippen molar-refractivity contribution in [3.8, 4) is 0 Å². The van der Waals surface area contributed by atoms with Crippen LogP contribution in [0.15, 0.2) is 0 Å². The van der Waals surface area contributed by atoms with Crippen molar-refractivity contribution in [2.75, 3.05) is 39.3 Å². The number of rotatable bonds is 8. The summed E-state index contributed by atoms with van der Waals surface area (Å²) in [5.41, 5.74) is 10.6. The number of nitrogens with zero attached hydrogens (tertiary/aromatic N) is 2. The van der Waals surface area contributed by atoms with Crippen LogP contribution in [0.5, 0.6) is 0 Å². The smallest absolute Gasteiger partial charge is 0.00745 e. The molecule has 6 N–H and O–H groups in total. The van der Waals surface area contributed by atoms with Crippen LogP contribution in [0.4, 0.5) is 0 Å². The Morgan fingerprint density at radius 1 is 0.833 bits per heavy atom. The summed E-state index contributed by atoms with van der Waals surface area (Å²) < 4.78 is 0.